The number of fused-ring (bicyclic) bond motifs is 9. The summed E-state index contributed by atoms with van der Waals surface area (Å²) in [6, 6.07) is 40.8. The summed E-state index contributed by atoms with van der Waals surface area (Å²) in [7, 11) is -1.55. The van der Waals surface area contributed by atoms with Crippen LogP contribution in [0.3, 0.4) is 0 Å². The standard InChI is InChI=1S/C70H85BN2SSi/c1-42-34-58-61-59(35-42)73(56-39-52-49(65(5,6)28-31-68(52,11)12)36-47(56)43-20-26-46(27-21-43)75(17,18)19)57-40-53-51(67(9,10)30-32-69(53,13)14)38-55(57)71(61)63-62(72(58)45-24-22-44(23-25-45)64(2,3)4)48-37-50-54(41-60(48)74-63)70(15,16)33-29-66(50,7)8/h20-27,34-41H,28-33H2,1-19H3. The average Bonchev–Trinajstić information content (AvgIpc) is 3.81. The van der Waals surface area contributed by atoms with Gasteiger partial charge in [0.05, 0.1) is 19.4 Å². The molecule has 0 fully saturated rings. The van der Waals surface area contributed by atoms with E-state index in [0.29, 0.717) is 0 Å². The molecule has 0 saturated carbocycles. The normalized spacial score (nSPS) is 20.2. The first-order valence-electron chi connectivity index (χ1n) is 28.7. The molecule has 2 nitrogen and oxygen atoms in total. The summed E-state index contributed by atoms with van der Waals surface area (Å²) in [5.74, 6) is 0. The zero-order chi connectivity index (χ0) is 53.7. The van der Waals surface area contributed by atoms with E-state index in [9.17, 15) is 0 Å². The van der Waals surface area contributed by atoms with E-state index in [1.165, 1.54) is 159 Å². The summed E-state index contributed by atoms with van der Waals surface area (Å²) < 4.78 is 2.89. The third-order valence-corrected chi connectivity index (χ3v) is 23.3. The van der Waals surface area contributed by atoms with E-state index < -0.39 is 8.07 Å². The van der Waals surface area contributed by atoms with Crippen molar-refractivity contribution in [3.05, 3.63) is 142 Å². The molecule has 3 aliphatic carbocycles. The lowest BCUT2D eigenvalue weighted by Gasteiger charge is -2.48. The molecular weight excluding hydrogens is 940 g/mol. The Morgan fingerprint density at radius 1 is 0.493 bits per heavy atom. The molecule has 3 heterocycles. The van der Waals surface area contributed by atoms with Crippen LogP contribution in [0, 0.1) is 6.92 Å². The minimum atomic E-state index is -1.55. The van der Waals surface area contributed by atoms with Gasteiger partial charge in [0.15, 0.2) is 0 Å². The molecule has 6 aromatic carbocycles. The molecule has 388 valence electrons. The van der Waals surface area contributed by atoms with Crippen LogP contribution in [0.2, 0.25) is 19.6 Å². The molecule has 0 atom stereocenters. The Labute approximate surface area is 457 Å². The van der Waals surface area contributed by atoms with Crippen LogP contribution in [0.1, 0.15) is 187 Å². The van der Waals surface area contributed by atoms with Gasteiger partial charge in [0.25, 0.3) is 6.71 Å². The van der Waals surface area contributed by atoms with Gasteiger partial charge in [-0.15, -0.1) is 11.3 Å². The van der Waals surface area contributed by atoms with E-state index in [-0.39, 0.29) is 44.6 Å². The van der Waals surface area contributed by atoms with Gasteiger partial charge in [0.2, 0.25) is 0 Å². The SMILES string of the molecule is Cc1cc2c3c(c1)N(c1ccc(C(C)(C)C)cc1)c1c(sc4cc5c(cc14)C(C)(C)CCC5(C)C)B3c1cc3c(cc1N2c1cc2c(cc1-c1ccc([Si](C)(C)C)cc1)C(C)(C)CCC2(C)C)C(C)(C)CCC3(C)C. The first-order valence-corrected chi connectivity index (χ1v) is 33.1. The molecule has 12 rings (SSSR count). The number of hydrogen-bond acceptors (Lipinski definition) is 3. The lowest BCUT2D eigenvalue weighted by Crippen LogP contribution is -2.61. The number of anilines is 6. The average molecular weight is 1030 g/mol. The molecular formula is C70H85BN2SSi. The van der Waals surface area contributed by atoms with Crippen molar-refractivity contribution >= 4 is 91.2 Å². The fourth-order valence-electron chi connectivity index (χ4n) is 14.5. The summed E-state index contributed by atoms with van der Waals surface area (Å²) in [5, 5.41) is 2.91. The number of benzene rings is 6. The number of aryl methyl sites for hydroxylation is 1. The largest absolute Gasteiger partial charge is 0.311 e. The third kappa shape index (κ3) is 7.79. The molecule has 5 aliphatic rings. The molecule has 0 N–H and O–H groups in total. The van der Waals surface area contributed by atoms with Crippen molar-refractivity contribution < 1.29 is 0 Å². The van der Waals surface area contributed by atoms with Gasteiger partial charge in [-0.1, -0.05) is 171 Å². The summed E-state index contributed by atoms with van der Waals surface area (Å²) in [5.41, 5.74) is 25.6. The second-order valence-electron chi connectivity index (χ2n) is 30.3. The topological polar surface area (TPSA) is 6.48 Å². The number of hydrogen-bond donors (Lipinski definition) is 0. The second kappa shape index (κ2) is 16.1. The van der Waals surface area contributed by atoms with Crippen molar-refractivity contribution in [1.29, 1.82) is 0 Å². The van der Waals surface area contributed by atoms with Gasteiger partial charge in [0, 0.05) is 43.2 Å². The van der Waals surface area contributed by atoms with Gasteiger partial charge in [0.1, 0.15) is 0 Å². The van der Waals surface area contributed by atoms with Crippen LogP contribution < -0.4 is 30.7 Å². The van der Waals surface area contributed by atoms with E-state index in [2.05, 4.69) is 249 Å². The minimum Gasteiger partial charge on any atom is -0.311 e. The molecule has 75 heavy (non-hydrogen) atoms. The predicted octanol–water partition coefficient (Wildman–Crippen LogP) is 17.8. The smallest absolute Gasteiger partial charge is 0.264 e. The molecule has 1 aromatic heterocycles. The Kier molecular flexibility index (Phi) is 11.0. The zero-order valence-electron chi connectivity index (χ0n) is 49.4. The van der Waals surface area contributed by atoms with Crippen molar-refractivity contribution in [2.45, 2.75) is 207 Å². The van der Waals surface area contributed by atoms with Crippen LogP contribution in [-0.4, -0.2) is 14.8 Å². The lowest BCUT2D eigenvalue weighted by atomic mass is 9.35. The fraction of sp³-hybridized carbons (Fsp3) is 0.457. The molecule has 0 unspecified atom stereocenters. The monoisotopic (exact) mass is 1020 g/mol. The van der Waals surface area contributed by atoms with Crippen LogP contribution in [0.5, 0.6) is 0 Å². The molecule has 2 aliphatic heterocycles. The summed E-state index contributed by atoms with van der Waals surface area (Å²) in [6.07, 6.45) is 7.10. The maximum absolute atomic E-state index is 2.80. The zero-order valence-corrected chi connectivity index (χ0v) is 51.2. The molecule has 0 spiro atoms. The van der Waals surface area contributed by atoms with Crippen molar-refractivity contribution in [3.63, 3.8) is 0 Å². The Bertz CT molecular complexity index is 3530. The van der Waals surface area contributed by atoms with Gasteiger partial charge < -0.3 is 9.80 Å². The first-order chi connectivity index (χ1) is 34.8. The quantitative estimate of drug-likeness (QED) is 0.162. The Balaban J connectivity index is 1.23. The van der Waals surface area contributed by atoms with E-state index in [0.717, 1.165) is 0 Å². The fourth-order valence-corrected chi connectivity index (χ4v) is 17.1. The van der Waals surface area contributed by atoms with E-state index in [4.69, 9.17) is 0 Å². The van der Waals surface area contributed by atoms with Gasteiger partial charge in [-0.05, 0) is 199 Å². The van der Waals surface area contributed by atoms with E-state index in [1.807, 2.05) is 0 Å². The first kappa shape index (κ1) is 50.9. The predicted molar refractivity (Wildman–Crippen MR) is 334 cm³/mol. The Morgan fingerprint density at radius 3 is 1.45 bits per heavy atom. The van der Waals surface area contributed by atoms with Crippen LogP contribution in [0.25, 0.3) is 21.2 Å². The molecule has 0 radical (unpaired) electrons. The summed E-state index contributed by atoms with van der Waals surface area (Å²) >= 11 is 2.08. The molecule has 0 bridgehead atoms. The number of thiophene rings is 1. The Morgan fingerprint density at radius 2 is 0.947 bits per heavy atom. The molecule has 0 saturated heterocycles. The van der Waals surface area contributed by atoms with Crippen LogP contribution in [0.4, 0.5) is 34.1 Å². The maximum Gasteiger partial charge on any atom is 0.264 e. The van der Waals surface area contributed by atoms with Gasteiger partial charge in [-0.25, -0.2) is 0 Å². The number of rotatable bonds is 4. The highest BCUT2D eigenvalue weighted by molar-refractivity contribution is 7.33. The van der Waals surface area contributed by atoms with Gasteiger partial charge in [-0.2, -0.15) is 0 Å². The van der Waals surface area contributed by atoms with E-state index in [1.54, 1.807) is 0 Å². The highest BCUT2D eigenvalue weighted by Crippen LogP contribution is 2.57. The lowest BCUT2D eigenvalue weighted by molar-refractivity contribution is 0.332. The number of nitrogens with zero attached hydrogens (tertiary/aromatic N) is 2. The molecule has 5 heteroatoms. The van der Waals surface area contributed by atoms with Crippen LogP contribution >= 0.6 is 11.3 Å². The summed E-state index contributed by atoms with van der Waals surface area (Å²) in [4.78, 5) is 5.53. The van der Waals surface area contributed by atoms with Gasteiger partial charge in [-0.3, -0.25) is 0 Å². The van der Waals surface area contributed by atoms with Crippen molar-refractivity contribution in [3.8, 4) is 11.1 Å². The maximum atomic E-state index is 2.80. The minimum absolute atomic E-state index is 0.0270. The van der Waals surface area contributed by atoms with Crippen molar-refractivity contribution in [2.24, 2.45) is 0 Å². The van der Waals surface area contributed by atoms with Crippen molar-refractivity contribution in [2.75, 3.05) is 9.80 Å². The Hall–Kier alpha value is -4.84. The van der Waals surface area contributed by atoms with E-state index >= 15 is 0 Å². The molecule has 7 aromatic rings. The van der Waals surface area contributed by atoms with Crippen LogP contribution in [-0.2, 0) is 37.9 Å². The van der Waals surface area contributed by atoms with Gasteiger partial charge >= 0.3 is 0 Å². The van der Waals surface area contributed by atoms with Crippen LogP contribution in [0.15, 0.2) is 97.1 Å². The highest BCUT2D eigenvalue weighted by Gasteiger charge is 2.50. The third-order valence-electron chi connectivity index (χ3n) is 20.0. The highest BCUT2D eigenvalue weighted by atomic mass is 32.1. The molecule has 0 amide bonds. The second-order valence-corrected chi connectivity index (χ2v) is 36.5. The van der Waals surface area contributed by atoms with Crippen molar-refractivity contribution in [1.82, 2.24) is 0 Å². The summed E-state index contributed by atoms with van der Waals surface area (Å²) in [6.45, 7) is 46.9.